The quantitative estimate of drug-likeness (QED) is 0.218. The van der Waals surface area contributed by atoms with E-state index in [9.17, 15) is 0 Å². The molecule has 2 nitrogen and oxygen atoms in total. The number of rotatable bonds is 15. The fraction of sp³-hybridized carbons (Fsp3) is 0.708. The van der Waals surface area contributed by atoms with E-state index in [-0.39, 0.29) is 5.54 Å². The summed E-state index contributed by atoms with van der Waals surface area (Å²) in [5, 5.41) is 0. The lowest BCUT2D eigenvalue weighted by atomic mass is 10.1. The van der Waals surface area contributed by atoms with Crippen molar-refractivity contribution >= 4 is 5.90 Å². The molecular formula is C24H41NO. The van der Waals surface area contributed by atoms with Crippen molar-refractivity contribution in [2.24, 2.45) is 4.99 Å². The van der Waals surface area contributed by atoms with Crippen molar-refractivity contribution in [3.05, 3.63) is 36.5 Å². The van der Waals surface area contributed by atoms with Crippen LogP contribution in [-0.4, -0.2) is 18.0 Å². The van der Waals surface area contributed by atoms with Crippen molar-refractivity contribution in [1.29, 1.82) is 0 Å². The average molecular weight is 360 g/mol. The Morgan fingerprint density at radius 3 is 1.88 bits per heavy atom. The van der Waals surface area contributed by atoms with Crippen LogP contribution < -0.4 is 0 Å². The van der Waals surface area contributed by atoms with Crippen LogP contribution in [0.15, 0.2) is 41.4 Å². The Kier molecular flexibility index (Phi) is 13.0. The third kappa shape index (κ3) is 13.0. The van der Waals surface area contributed by atoms with E-state index in [0.29, 0.717) is 0 Å². The van der Waals surface area contributed by atoms with Crippen LogP contribution in [0, 0.1) is 0 Å². The molecule has 148 valence electrons. The zero-order chi connectivity index (χ0) is 18.9. The monoisotopic (exact) mass is 359 g/mol. The molecular weight excluding hydrogens is 318 g/mol. The Hall–Kier alpha value is -1.31. The molecule has 0 fully saturated rings. The normalized spacial score (nSPS) is 16.8. The lowest BCUT2D eigenvalue weighted by molar-refractivity contribution is 0.273. The van der Waals surface area contributed by atoms with E-state index >= 15 is 0 Å². The first-order valence-corrected chi connectivity index (χ1v) is 10.8. The number of unbranched alkanes of at least 4 members (excludes halogenated alkanes) is 7. The number of hydrogen-bond acceptors (Lipinski definition) is 2. The molecule has 0 spiro atoms. The van der Waals surface area contributed by atoms with Gasteiger partial charge in [0.05, 0.1) is 5.54 Å². The summed E-state index contributed by atoms with van der Waals surface area (Å²) < 4.78 is 5.61. The Balaban J connectivity index is 1.86. The Labute approximate surface area is 162 Å². The Morgan fingerprint density at radius 2 is 1.35 bits per heavy atom. The van der Waals surface area contributed by atoms with Crippen molar-refractivity contribution in [2.75, 3.05) is 6.61 Å². The molecule has 26 heavy (non-hydrogen) atoms. The zero-order valence-electron chi connectivity index (χ0n) is 17.5. The first-order chi connectivity index (χ1) is 12.6. The van der Waals surface area contributed by atoms with Crippen LogP contribution in [0.2, 0.25) is 0 Å². The summed E-state index contributed by atoms with van der Waals surface area (Å²) in [7, 11) is 0. The highest BCUT2D eigenvalue weighted by Crippen LogP contribution is 2.19. The standard InChI is InChI=1S/C24H41NO/c1-4-5-6-7-8-9-10-11-12-13-14-15-16-17-18-19-20-21-23-25-24(2,3)22-26-23/h8-9,11-12,17-18H,4-7,10,13-16,19-22H2,1-3H3/b9-8-,12-11-,18-17-. The summed E-state index contributed by atoms with van der Waals surface area (Å²) >= 11 is 0. The number of hydrogen-bond donors (Lipinski definition) is 0. The van der Waals surface area contributed by atoms with Crippen molar-refractivity contribution < 1.29 is 4.74 Å². The minimum absolute atomic E-state index is 0.00939. The molecule has 0 saturated carbocycles. The van der Waals surface area contributed by atoms with Gasteiger partial charge in [0.1, 0.15) is 6.61 Å². The van der Waals surface area contributed by atoms with Gasteiger partial charge in [-0.15, -0.1) is 0 Å². The number of nitrogens with zero attached hydrogens (tertiary/aromatic N) is 1. The summed E-state index contributed by atoms with van der Waals surface area (Å²) in [5.74, 6) is 0.950. The lowest BCUT2D eigenvalue weighted by Gasteiger charge is -2.07. The molecule has 0 aromatic heterocycles. The molecule has 0 aromatic rings. The molecule has 0 bridgehead atoms. The highest BCUT2D eigenvalue weighted by molar-refractivity contribution is 5.78. The van der Waals surface area contributed by atoms with Gasteiger partial charge < -0.3 is 4.74 Å². The van der Waals surface area contributed by atoms with Crippen molar-refractivity contribution in [3.8, 4) is 0 Å². The smallest absolute Gasteiger partial charge is 0.183 e. The predicted molar refractivity (Wildman–Crippen MR) is 116 cm³/mol. The number of ether oxygens (including phenoxy) is 1. The van der Waals surface area contributed by atoms with Gasteiger partial charge in [0.25, 0.3) is 0 Å². The summed E-state index contributed by atoms with van der Waals surface area (Å²) in [6.45, 7) is 7.24. The molecule has 0 aromatic carbocycles. The molecule has 0 saturated heterocycles. The largest absolute Gasteiger partial charge is 0.478 e. The van der Waals surface area contributed by atoms with Gasteiger partial charge in [0, 0.05) is 6.42 Å². The Bertz CT molecular complexity index is 457. The van der Waals surface area contributed by atoms with Crippen LogP contribution in [0.25, 0.3) is 0 Å². The van der Waals surface area contributed by atoms with Gasteiger partial charge in [-0.2, -0.15) is 0 Å². The molecule has 1 aliphatic rings. The van der Waals surface area contributed by atoms with Crippen LogP contribution in [0.4, 0.5) is 0 Å². The van der Waals surface area contributed by atoms with E-state index < -0.39 is 0 Å². The minimum Gasteiger partial charge on any atom is -0.478 e. The van der Waals surface area contributed by atoms with Gasteiger partial charge in [0.2, 0.25) is 0 Å². The first kappa shape index (κ1) is 22.7. The zero-order valence-corrected chi connectivity index (χ0v) is 17.5. The maximum absolute atomic E-state index is 5.61. The van der Waals surface area contributed by atoms with Crippen LogP contribution >= 0.6 is 0 Å². The molecule has 0 amide bonds. The molecule has 0 atom stereocenters. The van der Waals surface area contributed by atoms with Crippen LogP contribution in [0.3, 0.4) is 0 Å². The fourth-order valence-electron chi connectivity index (χ4n) is 2.94. The summed E-state index contributed by atoms with van der Waals surface area (Å²) in [6.07, 6.45) is 28.5. The highest BCUT2D eigenvalue weighted by atomic mass is 16.5. The maximum atomic E-state index is 5.61. The van der Waals surface area contributed by atoms with Gasteiger partial charge in [-0.1, -0.05) is 56.2 Å². The maximum Gasteiger partial charge on any atom is 0.183 e. The van der Waals surface area contributed by atoms with Crippen LogP contribution in [0.5, 0.6) is 0 Å². The molecule has 1 rings (SSSR count). The first-order valence-electron chi connectivity index (χ1n) is 10.8. The molecule has 2 heteroatoms. The topological polar surface area (TPSA) is 21.6 Å². The fourth-order valence-corrected chi connectivity index (χ4v) is 2.94. The van der Waals surface area contributed by atoms with Gasteiger partial charge in [0.15, 0.2) is 5.90 Å². The second-order valence-corrected chi connectivity index (χ2v) is 7.93. The minimum atomic E-state index is -0.00939. The molecule has 0 radical (unpaired) electrons. The van der Waals surface area contributed by atoms with E-state index in [1.54, 1.807) is 0 Å². The van der Waals surface area contributed by atoms with Crippen LogP contribution in [-0.2, 0) is 4.74 Å². The number of allylic oxidation sites excluding steroid dienone is 6. The molecule has 0 aliphatic carbocycles. The van der Waals surface area contributed by atoms with Crippen molar-refractivity contribution in [3.63, 3.8) is 0 Å². The third-order valence-electron chi connectivity index (χ3n) is 4.52. The molecule has 1 heterocycles. The highest BCUT2D eigenvalue weighted by Gasteiger charge is 2.25. The Morgan fingerprint density at radius 1 is 0.808 bits per heavy atom. The summed E-state index contributed by atoms with van der Waals surface area (Å²) in [6, 6.07) is 0. The molecule has 1 aliphatic heterocycles. The van der Waals surface area contributed by atoms with Gasteiger partial charge >= 0.3 is 0 Å². The second kappa shape index (κ2) is 14.8. The van der Waals surface area contributed by atoms with Crippen molar-refractivity contribution in [1.82, 2.24) is 0 Å². The predicted octanol–water partition coefficient (Wildman–Crippen LogP) is 7.56. The molecule has 0 unspecified atom stereocenters. The summed E-state index contributed by atoms with van der Waals surface area (Å²) in [4.78, 5) is 4.59. The average Bonchev–Trinajstić information content (AvgIpc) is 2.96. The van der Waals surface area contributed by atoms with Gasteiger partial charge in [-0.25, -0.2) is 4.99 Å². The SMILES string of the molecule is CCCCC/C=C\C/C=C\CCCC/C=C\CCCC1=NC(C)(C)CO1. The summed E-state index contributed by atoms with van der Waals surface area (Å²) in [5.41, 5.74) is -0.00939. The second-order valence-electron chi connectivity index (χ2n) is 7.93. The van der Waals surface area contributed by atoms with E-state index in [2.05, 4.69) is 62.2 Å². The van der Waals surface area contributed by atoms with E-state index in [1.807, 2.05) is 0 Å². The van der Waals surface area contributed by atoms with E-state index in [4.69, 9.17) is 4.74 Å². The van der Waals surface area contributed by atoms with Crippen LogP contribution in [0.1, 0.15) is 97.8 Å². The van der Waals surface area contributed by atoms with Gasteiger partial charge in [-0.05, 0) is 71.6 Å². The van der Waals surface area contributed by atoms with E-state index in [1.165, 1.54) is 51.4 Å². The van der Waals surface area contributed by atoms with Gasteiger partial charge in [-0.3, -0.25) is 0 Å². The number of aliphatic imine (C=N–C) groups is 1. The lowest BCUT2D eigenvalue weighted by Crippen LogP contribution is -2.17. The molecule has 0 N–H and O–H groups in total. The van der Waals surface area contributed by atoms with E-state index in [0.717, 1.165) is 38.2 Å². The third-order valence-corrected chi connectivity index (χ3v) is 4.52. The van der Waals surface area contributed by atoms with Crippen molar-refractivity contribution in [2.45, 2.75) is 103 Å².